The lowest BCUT2D eigenvalue weighted by Gasteiger charge is -2.11. The number of carbonyl (C=O) groups excluding carboxylic acids is 1. The van der Waals surface area contributed by atoms with Gasteiger partial charge in [0.15, 0.2) is 0 Å². The minimum Gasteiger partial charge on any atom is -0.381 e. The van der Waals surface area contributed by atoms with Crippen molar-refractivity contribution in [2.24, 2.45) is 0 Å². The van der Waals surface area contributed by atoms with Crippen molar-refractivity contribution < 1.29 is 9.53 Å². The van der Waals surface area contributed by atoms with Crippen LogP contribution in [0.4, 0.5) is 11.8 Å². The minimum atomic E-state index is -0.0483. The van der Waals surface area contributed by atoms with Crippen molar-refractivity contribution in [2.75, 3.05) is 37.4 Å². The SMILES string of the molecule is CC(=O)NCCNc1cc([C@H]2CCOC2)nc(N)n1. The van der Waals surface area contributed by atoms with Crippen molar-refractivity contribution in [3.63, 3.8) is 0 Å². The zero-order valence-corrected chi connectivity index (χ0v) is 11.0. The second kappa shape index (κ2) is 6.33. The Morgan fingerprint density at radius 1 is 1.53 bits per heavy atom. The molecule has 0 radical (unpaired) electrons. The van der Waals surface area contributed by atoms with Crippen LogP contribution in [-0.4, -0.2) is 42.2 Å². The Morgan fingerprint density at radius 3 is 3.05 bits per heavy atom. The first-order chi connectivity index (χ1) is 9.15. The zero-order valence-electron chi connectivity index (χ0n) is 11.0. The summed E-state index contributed by atoms with van der Waals surface area (Å²) in [5.41, 5.74) is 6.62. The molecule has 7 nitrogen and oxygen atoms in total. The number of nitrogens with zero attached hydrogens (tertiary/aromatic N) is 2. The normalized spacial score (nSPS) is 18.3. The third-order valence-corrected chi connectivity index (χ3v) is 2.92. The number of nitrogens with one attached hydrogen (secondary N) is 2. The molecule has 7 heteroatoms. The number of amides is 1. The molecule has 0 aliphatic carbocycles. The Bertz CT molecular complexity index is 446. The quantitative estimate of drug-likeness (QED) is 0.653. The Hall–Kier alpha value is -1.89. The number of anilines is 2. The van der Waals surface area contributed by atoms with Crippen LogP contribution in [0.1, 0.15) is 25.0 Å². The highest BCUT2D eigenvalue weighted by Gasteiger charge is 2.20. The van der Waals surface area contributed by atoms with Gasteiger partial charge in [0, 0.05) is 38.6 Å². The zero-order chi connectivity index (χ0) is 13.7. The summed E-state index contributed by atoms with van der Waals surface area (Å²) < 4.78 is 5.35. The highest BCUT2D eigenvalue weighted by molar-refractivity contribution is 5.72. The summed E-state index contributed by atoms with van der Waals surface area (Å²) in [6, 6.07) is 1.89. The molecule has 1 saturated heterocycles. The summed E-state index contributed by atoms with van der Waals surface area (Å²) in [7, 11) is 0. The summed E-state index contributed by atoms with van der Waals surface area (Å²) in [4.78, 5) is 19.1. The number of hydrogen-bond acceptors (Lipinski definition) is 6. The largest absolute Gasteiger partial charge is 0.381 e. The molecule has 1 atom stereocenters. The lowest BCUT2D eigenvalue weighted by atomic mass is 10.0. The third-order valence-electron chi connectivity index (χ3n) is 2.92. The van der Waals surface area contributed by atoms with E-state index in [0.29, 0.717) is 31.4 Å². The van der Waals surface area contributed by atoms with E-state index in [-0.39, 0.29) is 11.9 Å². The van der Waals surface area contributed by atoms with Gasteiger partial charge in [-0.25, -0.2) is 4.98 Å². The monoisotopic (exact) mass is 265 g/mol. The maximum Gasteiger partial charge on any atom is 0.222 e. The molecule has 0 bridgehead atoms. The highest BCUT2D eigenvalue weighted by Crippen LogP contribution is 2.25. The van der Waals surface area contributed by atoms with Gasteiger partial charge in [0.1, 0.15) is 5.82 Å². The van der Waals surface area contributed by atoms with Crippen molar-refractivity contribution in [1.82, 2.24) is 15.3 Å². The van der Waals surface area contributed by atoms with Gasteiger partial charge in [-0.2, -0.15) is 4.98 Å². The van der Waals surface area contributed by atoms with E-state index in [4.69, 9.17) is 10.5 Å². The van der Waals surface area contributed by atoms with E-state index in [0.717, 1.165) is 18.7 Å². The molecule has 0 unspecified atom stereocenters. The second-order valence-corrected chi connectivity index (χ2v) is 4.51. The average molecular weight is 265 g/mol. The van der Waals surface area contributed by atoms with Crippen molar-refractivity contribution in [3.05, 3.63) is 11.8 Å². The minimum absolute atomic E-state index is 0.0483. The first-order valence-electron chi connectivity index (χ1n) is 6.35. The Balaban J connectivity index is 1.94. The molecule has 0 spiro atoms. The molecule has 4 N–H and O–H groups in total. The van der Waals surface area contributed by atoms with Gasteiger partial charge in [-0.3, -0.25) is 4.79 Å². The first kappa shape index (κ1) is 13.5. The Morgan fingerprint density at radius 2 is 2.37 bits per heavy atom. The molecule has 0 aromatic carbocycles. The summed E-state index contributed by atoms with van der Waals surface area (Å²) >= 11 is 0. The summed E-state index contributed by atoms with van der Waals surface area (Å²) in [5.74, 6) is 1.18. The Kier molecular flexibility index (Phi) is 4.51. The number of ether oxygens (including phenoxy) is 1. The van der Waals surface area contributed by atoms with Gasteiger partial charge >= 0.3 is 0 Å². The molecule has 1 aliphatic rings. The van der Waals surface area contributed by atoms with E-state index < -0.39 is 0 Å². The predicted molar refractivity (Wildman–Crippen MR) is 71.8 cm³/mol. The predicted octanol–water partition coefficient (Wildman–Crippen LogP) is 0.111. The van der Waals surface area contributed by atoms with Crippen LogP contribution in [0.15, 0.2) is 6.07 Å². The van der Waals surface area contributed by atoms with Crippen molar-refractivity contribution >= 4 is 17.7 Å². The molecule has 1 aromatic rings. The maximum atomic E-state index is 10.7. The Labute approximate surface area is 111 Å². The van der Waals surface area contributed by atoms with Crippen molar-refractivity contribution in [1.29, 1.82) is 0 Å². The van der Waals surface area contributed by atoms with E-state index in [1.54, 1.807) is 0 Å². The highest BCUT2D eigenvalue weighted by atomic mass is 16.5. The summed E-state index contributed by atoms with van der Waals surface area (Å²) in [5, 5.41) is 5.82. The van der Waals surface area contributed by atoms with E-state index in [2.05, 4.69) is 20.6 Å². The fraction of sp³-hybridized carbons (Fsp3) is 0.583. The van der Waals surface area contributed by atoms with Crippen LogP contribution in [-0.2, 0) is 9.53 Å². The molecule has 1 fully saturated rings. The van der Waals surface area contributed by atoms with Crippen molar-refractivity contribution in [3.8, 4) is 0 Å². The lowest BCUT2D eigenvalue weighted by Crippen LogP contribution is -2.26. The van der Waals surface area contributed by atoms with Gasteiger partial charge in [-0.15, -0.1) is 0 Å². The van der Waals surface area contributed by atoms with Gasteiger partial charge in [0.05, 0.1) is 12.3 Å². The van der Waals surface area contributed by atoms with E-state index in [9.17, 15) is 4.79 Å². The molecule has 0 saturated carbocycles. The molecular weight excluding hydrogens is 246 g/mol. The fourth-order valence-corrected chi connectivity index (χ4v) is 1.98. The van der Waals surface area contributed by atoms with E-state index in [1.807, 2.05) is 6.07 Å². The van der Waals surface area contributed by atoms with Crippen LogP contribution in [0.25, 0.3) is 0 Å². The summed E-state index contributed by atoms with van der Waals surface area (Å²) in [6.45, 7) is 4.07. The third kappa shape index (κ3) is 4.06. The first-order valence-corrected chi connectivity index (χ1v) is 6.35. The second-order valence-electron chi connectivity index (χ2n) is 4.51. The van der Waals surface area contributed by atoms with Gasteiger partial charge in [0.2, 0.25) is 11.9 Å². The average Bonchev–Trinajstić information content (AvgIpc) is 2.87. The number of nitrogens with two attached hydrogens (primary N) is 1. The molecule has 2 heterocycles. The number of aromatic nitrogens is 2. The van der Waals surface area contributed by atoms with Crippen LogP contribution in [0, 0.1) is 0 Å². The van der Waals surface area contributed by atoms with Crippen LogP contribution < -0.4 is 16.4 Å². The molecule has 1 amide bonds. The lowest BCUT2D eigenvalue weighted by molar-refractivity contribution is -0.118. The molecule has 19 heavy (non-hydrogen) atoms. The van der Waals surface area contributed by atoms with E-state index in [1.165, 1.54) is 6.92 Å². The topological polar surface area (TPSA) is 102 Å². The summed E-state index contributed by atoms with van der Waals surface area (Å²) in [6.07, 6.45) is 0.960. The van der Waals surface area contributed by atoms with Gasteiger partial charge < -0.3 is 21.1 Å². The molecule has 1 aliphatic heterocycles. The molecule has 1 aromatic heterocycles. The number of hydrogen-bond donors (Lipinski definition) is 3. The van der Waals surface area contributed by atoms with Gasteiger partial charge in [-0.1, -0.05) is 0 Å². The van der Waals surface area contributed by atoms with Crippen LogP contribution in [0.5, 0.6) is 0 Å². The molecule has 2 rings (SSSR count). The molecule has 104 valence electrons. The number of carbonyl (C=O) groups is 1. The van der Waals surface area contributed by atoms with Gasteiger partial charge in [-0.05, 0) is 6.42 Å². The smallest absolute Gasteiger partial charge is 0.222 e. The maximum absolute atomic E-state index is 10.7. The number of nitrogen functional groups attached to an aromatic ring is 1. The van der Waals surface area contributed by atoms with Gasteiger partial charge in [0.25, 0.3) is 0 Å². The van der Waals surface area contributed by atoms with Crippen LogP contribution in [0.2, 0.25) is 0 Å². The van der Waals surface area contributed by atoms with Crippen LogP contribution >= 0.6 is 0 Å². The standard InChI is InChI=1S/C12H19N5O2/c1-8(18)14-3-4-15-11-6-10(16-12(13)17-11)9-2-5-19-7-9/h6,9H,2-5,7H2,1H3,(H,14,18)(H3,13,15,16,17)/t9-/m0/s1. The van der Waals surface area contributed by atoms with Crippen molar-refractivity contribution in [2.45, 2.75) is 19.3 Å². The van der Waals surface area contributed by atoms with Crippen LogP contribution in [0.3, 0.4) is 0 Å². The fourth-order valence-electron chi connectivity index (χ4n) is 1.98. The van der Waals surface area contributed by atoms with E-state index >= 15 is 0 Å². The number of rotatable bonds is 5. The molecular formula is C12H19N5O2.